The number of hydrogen-bond acceptors (Lipinski definition) is 1. The third-order valence-electron chi connectivity index (χ3n) is 3.36. The number of allylic oxidation sites excluding steroid dienone is 1. The Morgan fingerprint density at radius 1 is 1.44 bits per heavy atom. The van der Waals surface area contributed by atoms with Crippen LogP contribution >= 0.6 is 15.9 Å². The summed E-state index contributed by atoms with van der Waals surface area (Å²) in [6, 6.07) is 6.28. The van der Waals surface area contributed by atoms with Crippen LogP contribution in [0.4, 0.5) is 0 Å². The van der Waals surface area contributed by atoms with Gasteiger partial charge >= 0.3 is 0 Å². The van der Waals surface area contributed by atoms with Crippen molar-refractivity contribution in [1.29, 1.82) is 0 Å². The summed E-state index contributed by atoms with van der Waals surface area (Å²) in [7, 11) is 0. The van der Waals surface area contributed by atoms with Gasteiger partial charge in [-0.3, -0.25) is 0 Å². The Bertz CT molecular complexity index is 421. The number of rotatable bonds is 2. The van der Waals surface area contributed by atoms with Gasteiger partial charge in [0.15, 0.2) is 0 Å². The quantitative estimate of drug-likeness (QED) is 0.787. The minimum Gasteiger partial charge on any atom is -0.385 e. The number of aryl methyl sites for hydroxylation is 1. The zero-order chi connectivity index (χ0) is 13.8. The molecule has 0 radical (unpaired) electrons. The van der Waals surface area contributed by atoms with Crippen molar-refractivity contribution in [2.75, 3.05) is 5.33 Å². The van der Waals surface area contributed by atoms with E-state index in [2.05, 4.69) is 40.7 Å². The first-order chi connectivity index (χ1) is 8.54. The van der Waals surface area contributed by atoms with Crippen LogP contribution < -0.4 is 0 Å². The van der Waals surface area contributed by atoms with Gasteiger partial charge in [-0.25, -0.2) is 0 Å². The van der Waals surface area contributed by atoms with E-state index in [1.54, 1.807) is 0 Å². The van der Waals surface area contributed by atoms with Crippen molar-refractivity contribution in [1.82, 2.24) is 0 Å². The monoisotopic (exact) mass is 310 g/mol. The predicted molar refractivity (Wildman–Crippen MR) is 83.1 cm³/mol. The maximum Gasteiger partial charge on any atom is 0.0871 e. The van der Waals surface area contributed by atoms with E-state index < -0.39 is 5.60 Å². The topological polar surface area (TPSA) is 20.2 Å². The lowest BCUT2D eigenvalue weighted by Gasteiger charge is -2.31. The fraction of sp³-hybridized carbons (Fsp3) is 0.500. The molecule has 2 rings (SSSR count). The van der Waals surface area contributed by atoms with Crippen LogP contribution in [0.25, 0.3) is 5.57 Å². The molecule has 1 aromatic carbocycles. The van der Waals surface area contributed by atoms with Crippen LogP contribution in [-0.4, -0.2) is 10.4 Å². The predicted octanol–water partition coefficient (Wildman–Crippen LogP) is 4.66. The summed E-state index contributed by atoms with van der Waals surface area (Å²) in [6.07, 6.45) is 2.98. The van der Waals surface area contributed by atoms with E-state index in [4.69, 9.17) is 0 Å². The van der Waals surface area contributed by atoms with Gasteiger partial charge in [0.25, 0.3) is 0 Å². The Balaban J connectivity index is 0.000000771. The normalized spacial score (nSPS) is 21.6. The zero-order valence-corrected chi connectivity index (χ0v) is 13.2. The molecular formula is C16H23BrO. The van der Waals surface area contributed by atoms with E-state index in [9.17, 15) is 5.11 Å². The molecule has 0 aromatic heterocycles. The maximum atomic E-state index is 10.3. The Morgan fingerprint density at radius 2 is 2.11 bits per heavy atom. The summed E-state index contributed by atoms with van der Waals surface area (Å²) in [6.45, 7) is 9.93. The second-order valence-corrected chi connectivity index (χ2v) is 5.30. The Kier molecular flexibility index (Phi) is 5.61. The van der Waals surface area contributed by atoms with Gasteiger partial charge in [0.2, 0.25) is 0 Å². The Morgan fingerprint density at radius 3 is 2.72 bits per heavy atom. The van der Waals surface area contributed by atoms with Crippen LogP contribution in [0, 0.1) is 0 Å². The molecule has 18 heavy (non-hydrogen) atoms. The number of alkyl halides is 1. The highest BCUT2D eigenvalue weighted by Crippen LogP contribution is 2.36. The highest BCUT2D eigenvalue weighted by Gasteiger charge is 2.29. The molecule has 0 saturated carbocycles. The van der Waals surface area contributed by atoms with E-state index in [1.807, 2.05) is 20.8 Å². The molecule has 1 nitrogen and oxygen atoms in total. The summed E-state index contributed by atoms with van der Waals surface area (Å²) in [4.78, 5) is 0. The second kappa shape index (κ2) is 6.53. The molecule has 0 spiro atoms. The number of aliphatic hydroxyl groups is 1. The third-order valence-corrected chi connectivity index (χ3v) is 4.04. The van der Waals surface area contributed by atoms with Gasteiger partial charge in [-0.15, -0.1) is 0 Å². The lowest BCUT2D eigenvalue weighted by Crippen LogP contribution is -2.26. The summed E-state index contributed by atoms with van der Waals surface area (Å²) in [5.74, 6) is 0. The molecule has 0 amide bonds. The first kappa shape index (κ1) is 15.5. The lowest BCUT2D eigenvalue weighted by atomic mass is 9.79. The first-order valence-corrected chi connectivity index (χ1v) is 7.76. The minimum atomic E-state index is -0.651. The van der Waals surface area contributed by atoms with Gasteiger partial charge in [0, 0.05) is 5.33 Å². The fourth-order valence-electron chi connectivity index (χ4n) is 2.38. The number of hydrogen-bond donors (Lipinski definition) is 1. The molecule has 2 heteroatoms. The average Bonchev–Trinajstić information content (AvgIpc) is 2.39. The molecule has 1 atom stereocenters. The largest absolute Gasteiger partial charge is 0.385 e. The second-order valence-electron chi connectivity index (χ2n) is 4.74. The number of benzene rings is 1. The molecular weight excluding hydrogens is 288 g/mol. The first-order valence-electron chi connectivity index (χ1n) is 6.64. The van der Waals surface area contributed by atoms with Gasteiger partial charge in [-0.2, -0.15) is 0 Å². The molecule has 0 bridgehead atoms. The fourth-order valence-corrected chi connectivity index (χ4v) is 2.70. The van der Waals surface area contributed by atoms with E-state index in [0.717, 1.165) is 35.7 Å². The van der Waals surface area contributed by atoms with Crippen LogP contribution in [0.2, 0.25) is 0 Å². The molecule has 1 N–H and O–H groups in total. The highest BCUT2D eigenvalue weighted by molar-refractivity contribution is 9.09. The number of halogens is 1. The highest BCUT2D eigenvalue weighted by atomic mass is 79.9. The summed E-state index contributed by atoms with van der Waals surface area (Å²) < 4.78 is 0. The zero-order valence-electron chi connectivity index (χ0n) is 11.6. The molecule has 100 valence electrons. The van der Waals surface area contributed by atoms with Crippen LogP contribution in [0.1, 0.15) is 50.3 Å². The Hall–Kier alpha value is -0.600. The summed E-state index contributed by atoms with van der Waals surface area (Å²) >= 11 is 3.42. The van der Waals surface area contributed by atoms with Gasteiger partial charge < -0.3 is 5.11 Å². The van der Waals surface area contributed by atoms with Crippen molar-refractivity contribution in [2.24, 2.45) is 0 Å². The van der Waals surface area contributed by atoms with Crippen LogP contribution in [0.5, 0.6) is 0 Å². The number of fused-ring (bicyclic) bond motifs is 1. The maximum absolute atomic E-state index is 10.3. The molecule has 0 saturated heterocycles. The van der Waals surface area contributed by atoms with Gasteiger partial charge in [0.1, 0.15) is 0 Å². The molecule has 1 unspecified atom stereocenters. The minimum absolute atomic E-state index is 0.651. The molecule has 0 heterocycles. The van der Waals surface area contributed by atoms with E-state index >= 15 is 0 Å². The Labute approximate surface area is 119 Å². The lowest BCUT2D eigenvalue weighted by molar-refractivity contribution is 0.0387. The van der Waals surface area contributed by atoms with Crippen molar-refractivity contribution >= 4 is 21.5 Å². The standard InChI is InChI=1S/C14H17BrO.C2H6/c1-10(9-15)11-5-6-13-12(8-11)4-3-7-14(13,2)16;1-2/h5-6,8,16H,1,3-4,7,9H2,2H3;1-2H3. The average molecular weight is 311 g/mol. The van der Waals surface area contributed by atoms with Gasteiger partial charge in [-0.05, 0) is 48.4 Å². The van der Waals surface area contributed by atoms with Crippen molar-refractivity contribution in [3.8, 4) is 0 Å². The SMILES string of the molecule is C=C(CBr)c1ccc2c(c1)CCCC2(C)O.CC. The van der Waals surface area contributed by atoms with Crippen LogP contribution in [0.3, 0.4) is 0 Å². The van der Waals surface area contributed by atoms with Crippen molar-refractivity contribution in [3.05, 3.63) is 41.5 Å². The smallest absolute Gasteiger partial charge is 0.0871 e. The van der Waals surface area contributed by atoms with E-state index in [-0.39, 0.29) is 0 Å². The van der Waals surface area contributed by atoms with E-state index in [0.29, 0.717) is 0 Å². The van der Waals surface area contributed by atoms with Gasteiger partial charge in [0.05, 0.1) is 5.60 Å². The van der Waals surface area contributed by atoms with Crippen LogP contribution in [-0.2, 0) is 12.0 Å². The molecule has 1 aliphatic carbocycles. The molecule has 0 aliphatic heterocycles. The van der Waals surface area contributed by atoms with Crippen molar-refractivity contribution < 1.29 is 5.11 Å². The van der Waals surface area contributed by atoms with Crippen molar-refractivity contribution in [3.63, 3.8) is 0 Å². The molecule has 0 fully saturated rings. The van der Waals surface area contributed by atoms with E-state index in [1.165, 1.54) is 11.1 Å². The summed E-state index contributed by atoms with van der Waals surface area (Å²) in [5.41, 5.74) is 3.98. The van der Waals surface area contributed by atoms with Gasteiger partial charge in [-0.1, -0.05) is 54.6 Å². The summed E-state index contributed by atoms with van der Waals surface area (Å²) in [5, 5.41) is 11.1. The molecule has 1 aromatic rings. The van der Waals surface area contributed by atoms with Crippen molar-refractivity contribution in [2.45, 2.75) is 45.6 Å². The third kappa shape index (κ3) is 3.24. The molecule has 1 aliphatic rings. The van der Waals surface area contributed by atoms with Crippen LogP contribution in [0.15, 0.2) is 24.8 Å².